The van der Waals surface area contributed by atoms with Crippen molar-refractivity contribution in [2.24, 2.45) is 0 Å². The predicted octanol–water partition coefficient (Wildman–Crippen LogP) is 2.97. The third-order valence-electron chi connectivity index (χ3n) is 2.70. The first-order valence-electron chi connectivity index (χ1n) is 5.53. The lowest BCUT2D eigenvalue weighted by Gasteiger charge is -2.05. The van der Waals surface area contributed by atoms with Crippen molar-refractivity contribution in [2.75, 3.05) is 0 Å². The van der Waals surface area contributed by atoms with E-state index in [1.54, 1.807) is 12.1 Å². The summed E-state index contributed by atoms with van der Waals surface area (Å²) in [4.78, 5) is 11.0. The first-order valence-corrected chi connectivity index (χ1v) is 5.53. The summed E-state index contributed by atoms with van der Waals surface area (Å²) in [6, 6.07) is 17.9. The molecule has 85 valence electrons. The highest BCUT2D eigenvalue weighted by Crippen LogP contribution is 2.12. The molecule has 2 nitrogen and oxygen atoms in total. The number of benzene rings is 2. The lowest BCUT2D eigenvalue weighted by Crippen LogP contribution is -2.03. The van der Waals surface area contributed by atoms with Crippen LogP contribution in [0.3, 0.4) is 0 Å². The van der Waals surface area contributed by atoms with E-state index in [1.165, 1.54) is 5.56 Å². The van der Waals surface area contributed by atoms with Gasteiger partial charge < -0.3 is 5.11 Å². The third-order valence-corrected chi connectivity index (χ3v) is 2.70. The van der Waals surface area contributed by atoms with Gasteiger partial charge in [0.15, 0.2) is 0 Å². The molecule has 0 spiro atoms. The largest absolute Gasteiger partial charge is 0.478 e. The second kappa shape index (κ2) is 5.30. The van der Waals surface area contributed by atoms with Crippen molar-refractivity contribution in [2.45, 2.75) is 12.8 Å². The Balaban J connectivity index is 2.12. The summed E-state index contributed by atoms with van der Waals surface area (Å²) in [5.74, 6) is -0.861. The highest BCUT2D eigenvalue weighted by atomic mass is 16.4. The minimum absolute atomic E-state index is 0.396. The summed E-state index contributed by atoms with van der Waals surface area (Å²) in [7, 11) is 0. The predicted molar refractivity (Wildman–Crippen MR) is 66.1 cm³/mol. The van der Waals surface area contributed by atoms with Gasteiger partial charge in [0.25, 0.3) is 0 Å². The Hall–Kier alpha value is -2.09. The molecule has 2 rings (SSSR count). The summed E-state index contributed by atoms with van der Waals surface area (Å²) in [6.07, 6.45) is 1.57. The summed E-state index contributed by atoms with van der Waals surface area (Å²) in [5, 5.41) is 9.06. The van der Waals surface area contributed by atoms with Gasteiger partial charge >= 0.3 is 5.97 Å². The lowest BCUT2D eigenvalue weighted by atomic mass is 10.00. The van der Waals surface area contributed by atoms with E-state index >= 15 is 0 Å². The van der Waals surface area contributed by atoms with Crippen LogP contribution in [0.15, 0.2) is 48.5 Å². The van der Waals surface area contributed by atoms with Crippen molar-refractivity contribution in [3.8, 4) is 0 Å². The van der Waals surface area contributed by atoms with Gasteiger partial charge in [0, 0.05) is 0 Å². The van der Waals surface area contributed by atoms with Gasteiger partial charge in [-0.2, -0.15) is 0 Å². The van der Waals surface area contributed by atoms with Gasteiger partial charge in [-0.25, -0.2) is 4.79 Å². The highest BCUT2D eigenvalue weighted by molar-refractivity contribution is 5.89. The number of hydrogen-bond acceptors (Lipinski definition) is 1. The maximum absolute atomic E-state index is 11.0. The molecular formula is C15H13O2. The van der Waals surface area contributed by atoms with Crippen LogP contribution < -0.4 is 0 Å². The van der Waals surface area contributed by atoms with Crippen molar-refractivity contribution in [3.63, 3.8) is 0 Å². The zero-order chi connectivity index (χ0) is 12.1. The van der Waals surface area contributed by atoms with E-state index in [-0.39, 0.29) is 0 Å². The molecule has 0 amide bonds. The quantitative estimate of drug-likeness (QED) is 0.868. The Kier molecular flexibility index (Phi) is 3.55. The summed E-state index contributed by atoms with van der Waals surface area (Å²) >= 11 is 0. The fraction of sp³-hybridized carbons (Fsp3) is 0.133. The molecule has 0 unspecified atom stereocenters. The molecular weight excluding hydrogens is 212 g/mol. The van der Waals surface area contributed by atoms with Crippen molar-refractivity contribution in [3.05, 3.63) is 71.3 Å². The van der Waals surface area contributed by atoms with Crippen molar-refractivity contribution < 1.29 is 9.90 Å². The Morgan fingerprint density at radius 1 is 1.12 bits per heavy atom. The second-order valence-electron chi connectivity index (χ2n) is 3.87. The third kappa shape index (κ3) is 2.94. The summed E-state index contributed by atoms with van der Waals surface area (Å²) in [6.45, 7) is 0. The van der Waals surface area contributed by atoms with Gasteiger partial charge in [-0.15, -0.1) is 0 Å². The van der Waals surface area contributed by atoms with E-state index in [9.17, 15) is 4.79 Å². The number of aryl methyl sites for hydroxylation is 2. The van der Waals surface area contributed by atoms with Crippen LogP contribution in [-0.2, 0) is 12.8 Å². The molecule has 0 saturated heterocycles. The number of hydrogen-bond donors (Lipinski definition) is 1. The minimum Gasteiger partial charge on any atom is -0.478 e. The zero-order valence-electron chi connectivity index (χ0n) is 9.39. The van der Waals surface area contributed by atoms with Crippen molar-refractivity contribution in [1.29, 1.82) is 0 Å². The van der Waals surface area contributed by atoms with E-state index in [0.717, 1.165) is 18.4 Å². The Morgan fingerprint density at radius 3 is 2.65 bits per heavy atom. The van der Waals surface area contributed by atoms with Crippen LogP contribution >= 0.6 is 0 Å². The van der Waals surface area contributed by atoms with Crippen LogP contribution in [0, 0.1) is 6.07 Å². The van der Waals surface area contributed by atoms with E-state index < -0.39 is 5.97 Å². The molecule has 0 aromatic heterocycles. The first kappa shape index (κ1) is 11.4. The van der Waals surface area contributed by atoms with Crippen LogP contribution in [0.4, 0.5) is 0 Å². The fourth-order valence-corrected chi connectivity index (χ4v) is 1.81. The Morgan fingerprint density at radius 2 is 1.94 bits per heavy atom. The molecule has 1 radical (unpaired) electrons. The monoisotopic (exact) mass is 225 g/mol. The molecule has 0 aliphatic heterocycles. The molecule has 17 heavy (non-hydrogen) atoms. The molecule has 0 fully saturated rings. The number of carbonyl (C=O) groups is 1. The number of aromatic carboxylic acids is 1. The van der Waals surface area contributed by atoms with E-state index in [4.69, 9.17) is 5.11 Å². The van der Waals surface area contributed by atoms with Crippen LogP contribution in [0.1, 0.15) is 21.5 Å². The molecule has 0 heterocycles. The summed E-state index contributed by atoms with van der Waals surface area (Å²) < 4.78 is 0. The van der Waals surface area contributed by atoms with E-state index in [0.29, 0.717) is 5.56 Å². The van der Waals surface area contributed by atoms with Gasteiger partial charge in [0.05, 0.1) is 5.56 Å². The Bertz CT molecular complexity index is 503. The van der Waals surface area contributed by atoms with Crippen LogP contribution in [0.25, 0.3) is 0 Å². The lowest BCUT2D eigenvalue weighted by molar-refractivity contribution is 0.0695. The minimum atomic E-state index is -0.861. The topological polar surface area (TPSA) is 37.3 Å². The molecule has 0 aliphatic rings. The zero-order valence-corrected chi connectivity index (χ0v) is 9.39. The average molecular weight is 225 g/mol. The molecule has 2 aromatic carbocycles. The van der Waals surface area contributed by atoms with Crippen molar-refractivity contribution in [1.82, 2.24) is 0 Å². The van der Waals surface area contributed by atoms with Gasteiger partial charge in [-0.1, -0.05) is 42.5 Å². The number of carboxylic acids is 1. The normalized spacial score (nSPS) is 10.1. The average Bonchev–Trinajstić information content (AvgIpc) is 2.38. The fourth-order valence-electron chi connectivity index (χ4n) is 1.81. The second-order valence-corrected chi connectivity index (χ2v) is 3.87. The molecule has 2 aromatic rings. The maximum Gasteiger partial charge on any atom is 0.335 e. The van der Waals surface area contributed by atoms with Crippen LogP contribution in [0.5, 0.6) is 0 Å². The van der Waals surface area contributed by atoms with Gasteiger partial charge in [0.1, 0.15) is 0 Å². The Labute approximate surface area is 101 Å². The van der Waals surface area contributed by atoms with E-state index in [1.807, 2.05) is 36.4 Å². The highest BCUT2D eigenvalue weighted by Gasteiger charge is 2.08. The molecule has 1 N–H and O–H groups in total. The van der Waals surface area contributed by atoms with Gasteiger partial charge in [-0.3, -0.25) is 0 Å². The van der Waals surface area contributed by atoms with Crippen molar-refractivity contribution >= 4 is 5.97 Å². The molecule has 0 aliphatic carbocycles. The number of rotatable bonds is 4. The molecule has 0 saturated carbocycles. The smallest absolute Gasteiger partial charge is 0.335 e. The van der Waals surface area contributed by atoms with Gasteiger partial charge in [0.2, 0.25) is 0 Å². The maximum atomic E-state index is 11.0. The van der Waals surface area contributed by atoms with Crippen LogP contribution in [-0.4, -0.2) is 11.1 Å². The SMILES string of the molecule is O=C(O)c1ccccc1CCc1c[c]ccc1. The van der Waals surface area contributed by atoms with E-state index in [2.05, 4.69) is 6.07 Å². The van der Waals surface area contributed by atoms with Gasteiger partial charge in [-0.05, 0) is 36.1 Å². The molecule has 0 bridgehead atoms. The molecule has 2 heteroatoms. The molecule has 0 atom stereocenters. The standard InChI is InChI=1S/C15H13O2/c16-15(17)14-9-5-4-8-13(14)11-10-12-6-2-1-3-7-12/h1-2,4-9H,10-11H2,(H,16,17). The first-order chi connectivity index (χ1) is 8.27. The van der Waals surface area contributed by atoms with Crippen LogP contribution in [0.2, 0.25) is 0 Å². The number of carboxylic acid groups (broad SMARTS) is 1. The summed E-state index contributed by atoms with van der Waals surface area (Å²) in [5.41, 5.74) is 2.45.